The van der Waals surface area contributed by atoms with Gasteiger partial charge < -0.3 is 25.7 Å². The molecule has 1 heterocycles. The maximum atomic E-state index is 10.3. The highest BCUT2D eigenvalue weighted by Crippen LogP contribution is 2.15. The van der Waals surface area contributed by atoms with Crippen molar-refractivity contribution in [3.05, 3.63) is 45.8 Å². The van der Waals surface area contributed by atoms with Crippen molar-refractivity contribution < 1.29 is 22.3 Å². The van der Waals surface area contributed by atoms with Crippen LogP contribution in [-0.4, -0.2) is 68.5 Å². The van der Waals surface area contributed by atoms with E-state index >= 15 is 0 Å². The number of nitrogens with two attached hydrogens (primary N) is 1. The van der Waals surface area contributed by atoms with Crippen LogP contribution in [-0.2, 0) is 22.4 Å². The summed E-state index contributed by atoms with van der Waals surface area (Å²) in [6.45, 7) is 1.42. The SMILES string of the molecule is CNC(=C[N+](=O)[O-])NCCSCc1ccc(CN(C)C)o1.NCCS(=O)(=O)O. The largest absolute Gasteiger partial charge is 0.464 e. The van der Waals surface area contributed by atoms with Crippen molar-refractivity contribution in [2.24, 2.45) is 5.73 Å². The molecule has 0 aliphatic rings. The van der Waals surface area contributed by atoms with Gasteiger partial charge in [0.1, 0.15) is 11.5 Å². The van der Waals surface area contributed by atoms with Gasteiger partial charge in [-0.25, -0.2) is 0 Å². The predicted octanol–water partition coefficient (Wildman–Crippen LogP) is 0.292. The van der Waals surface area contributed by atoms with E-state index in [-0.39, 0.29) is 12.3 Å². The molecule has 0 fully saturated rings. The zero-order valence-corrected chi connectivity index (χ0v) is 17.9. The van der Waals surface area contributed by atoms with Gasteiger partial charge in [-0.05, 0) is 26.2 Å². The van der Waals surface area contributed by atoms with E-state index in [2.05, 4.69) is 15.5 Å². The first-order valence-corrected chi connectivity index (χ1v) is 11.1. The number of nitro groups is 1. The van der Waals surface area contributed by atoms with E-state index in [4.69, 9.17) is 14.7 Å². The van der Waals surface area contributed by atoms with Gasteiger partial charge in [-0.3, -0.25) is 14.7 Å². The molecule has 0 aromatic carbocycles. The van der Waals surface area contributed by atoms with Crippen molar-refractivity contribution in [2.75, 3.05) is 45.7 Å². The second-order valence-electron chi connectivity index (χ2n) is 5.74. The molecule has 0 aliphatic carbocycles. The predicted molar refractivity (Wildman–Crippen MR) is 110 cm³/mol. The van der Waals surface area contributed by atoms with Crippen molar-refractivity contribution >= 4 is 21.9 Å². The molecule has 0 radical (unpaired) electrons. The fourth-order valence-corrected chi connectivity index (χ4v) is 2.83. The molecular weight excluding hydrogens is 410 g/mol. The Hall–Kier alpha value is -1.80. The number of furan rings is 1. The summed E-state index contributed by atoms with van der Waals surface area (Å²) >= 11 is 1.72. The topological polar surface area (TPSA) is 164 Å². The molecule has 28 heavy (non-hydrogen) atoms. The highest BCUT2D eigenvalue weighted by atomic mass is 32.2. The summed E-state index contributed by atoms with van der Waals surface area (Å²) in [5, 5.41) is 16.1. The highest BCUT2D eigenvalue weighted by molar-refractivity contribution is 7.98. The minimum atomic E-state index is -3.80. The molecule has 13 heteroatoms. The fraction of sp³-hybridized carbons (Fsp3) is 0.600. The van der Waals surface area contributed by atoms with E-state index in [1.807, 2.05) is 26.2 Å². The zero-order valence-electron chi connectivity index (χ0n) is 16.3. The molecule has 5 N–H and O–H groups in total. The lowest BCUT2D eigenvalue weighted by atomic mass is 10.4. The maximum absolute atomic E-state index is 10.3. The molecule has 0 aliphatic heterocycles. The lowest BCUT2D eigenvalue weighted by molar-refractivity contribution is -0.404. The van der Waals surface area contributed by atoms with Crippen LogP contribution in [0.15, 0.2) is 28.6 Å². The average Bonchev–Trinajstić information content (AvgIpc) is 2.99. The van der Waals surface area contributed by atoms with Gasteiger partial charge >= 0.3 is 0 Å². The molecule has 0 spiro atoms. The van der Waals surface area contributed by atoms with E-state index < -0.39 is 15.0 Å². The molecule has 1 aromatic rings. The van der Waals surface area contributed by atoms with E-state index in [1.165, 1.54) is 0 Å². The Morgan fingerprint density at radius 3 is 2.54 bits per heavy atom. The van der Waals surface area contributed by atoms with Crippen LogP contribution in [0.1, 0.15) is 11.5 Å². The molecule has 11 nitrogen and oxygen atoms in total. The summed E-state index contributed by atoms with van der Waals surface area (Å²) in [7, 11) is 1.85. The van der Waals surface area contributed by atoms with E-state index in [1.54, 1.807) is 18.8 Å². The average molecular weight is 440 g/mol. The summed E-state index contributed by atoms with van der Waals surface area (Å²) in [6, 6.07) is 3.98. The first-order chi connectivity index (χ1) is 13.1. The Balaban J connectivity index is 0.000000887. The van der Waals surface area contributed by atoms with Crippen LogP contribution in [0, 0.1) is 10.1 Å². The lowest BCUT2D eigenvalue weighted by Gasteiger charge is -2.07. The van der Waals surface area contributed by atoms with Gasteiger partial charge in [0.25, 0.3) is 16.3 Å². The molecule has 0 atom stereocenters. The minimum Gasteiger partial charge on any atom is -0.464 e. The third-order valence-corrected chi connectivity index (χ3v) is 4.61. The van der Waals surface area contributed by atoms with Crippen LogP contribution >= 0.6 is 11.8 Å². The number of rotatable bonds is 12. The van der Waals surface area contributed by atoms with Crippen LogP contribution in [0.5, 0.6) is 0 Å². The van der Waals surface area contributed by atoms with Crippen LogP contribution in [0.2, 0.25) is 0 Å². The second kappa shape index (κ2) is 14.2. The maximum Gasteiger partial charge on any atom is 0.274 e. The van der Waals surface area contributed by atoms with Crippen molar-refractivity contribution in [3.63, 3.8) is 0 Å². The zero-order chi connectivity index (χ0) is 21.6. The van der Waals surface area contributed by atoms with Crippen LogP contribution < -0.4 is 16.4 Å². The number of nitrogens with zero attached hydrogens (tertiary/aromatic N) is 2. The lowest BCUT2D eigenvalue weighted by Crippen LogP contribution is -2.26. The Morgan fingerprint density at radius 2 is 2.07 bits per heavy atom. The minimum absolute atomic E-state index is 0.0289. The fourth-order valence-electron chi connectivity index (χ4n) is 1.78. The van der Waals surface area contributed by atoms with Crippen molar-refractivity contribution in [3.8, 4) is 0 Å². The summed E-state index contributed by atoms with van der Waals surface area (Å²) in [5.74, 6) is 3.59. The first kappa shape index (κ1) is 26.2. The molecule has 1 rings (SSSR count). The van der Waals surface area contributed by atoms with Crippen molar-refractivity contribution in [2.45, 2.75) is 12.3 Å². The van der Waals surface area contributed by atoms with E-state index in [0.29, 0.717) is 12.4 Å². The monoisotopic (exact) mass is 439 g/mol. The van der Waals surface area contributed by atoms with Crippen molar-refractivity contribution in [1.82, 2.24) is 15.5 Å². The number of nitrogens with one attached hydrogen (secondary N) is 2. The number of thioether (sulfide) groups is 1. The van der Waals surface area contributed by atoms with Gasteiger partial charge in [-0.1, -0.05) is 0 Å². The van der Waals surface area contributed by atoms with E-state index in [9.17, 15) is 18.5 Å². The molecule has 1 aromatic heterocycles. The van der Waals surface area contributed by atoms with Gasteiger partial charge in [0.15, 0.2) is 5.82 Å². The Morgan fingerprint density at radius 1 is 1.43 bits per heavy atom. The molecule has 0 bridgehead atoms. The Labute approximate surface area is 169 Å². The normalized spacial score (nSPS) is 11.7. The Bertz CT molecular complexity index is 706. The summed E-state index contributed by atoms with van der Waals surface area (Å²) in [5.41, 5.74) is 4.78. The van der Waals surface area contributed by atoms with Crippen LogP contribution in [0.4, 0.5) is 0 Å². The van der Waals surface area contributed by atoms with Gasteiger partial charge in [-0.15, -0.1) is 0 Å². The summed E-state index contributed by atoms with van der Waals surface area (Å²) in [4.78, 5) is 11.9. The molecule has 0 unspecified atom stereocenters. The standard InChI is InChI=1S/C13H22N4O3S.C2H7NO3S/c1-14-13(9-17(18)19)15-6-7-21-10-12-5-4-11(20-12)8-16(2)3;3-1-2-7(4,5)6/h4-5,9,14-15H,6-8,10H2,1-3H3;1-3H2,(H,4,5,6). The van der Waals surface area contributed by atoms with Gasteiger partial charge in [-0.2, -0.15) is 20.2 Å². The van der Waals surface area contributed by atoms with Gasteiger partial charge in [0.2, 0.25) is 0 Å². The second-order valence-corrected chi connectivity index (χ2v) is 8.42. The molecule has 0 amide bonds. The quantitative estimate of drug-likeness (QED) is 0.153. The summed E-state index contributed by atoms with van der Waals surface area (Å²) < 4.78 is 33.0. The molecular formula is C15H29N5O6S2. The van der Waals surface area contributed by atoms with Crippen LogP contribution in [0.25, 0.3) is 0 Å². The smallest absolute Gasteiger partial charge is 0.274 e. The highest BCUT2D eigenvalue weighted by Gasteiger charge is 2.04. The van der Waals surface area contributed by atoms with Crippen LogP contribution in [0.3, 0.4) is 0 Å². The number of hydrogen-bond donors (Lipinski definition) is 4. The molecule has 0 saturated carbocycles. The third kappa shape index (κ3) is 15.3. The summed E-state index contributed by atoms with van der Waals surface area (Å²) in [6.07, 6.45) is 0.921. The molecule has 162 valence electrons. The number of hydrogen-bond acceptors (Lipinski definition) is 10. The van der Waals surface area contributed by atoms with Gasteiger partial charge in [0, 0.05) is 25.9 Å². The molecule has 0 saturated heterocycles. The third-order valence-electron chi connectivity index (χ3n) is 2.88. The van der Waals surface area contributed by atoms with Gasteiger partial charge in [0.05, 0.1) is 23.0 Å². The first-order valence-electron chi connectivity index (χ1n) is 8.29. The Kier molecular flexibility index (Phi) is 13.3. The van der Waals surface area contributed by atoms with E-state index in [0.717, 1.165) is 35.8 Å². The van der Waals surface area contributed by atoms with Crippen molar-refractivity contribution in [1.29, 1.82) is 0 Å².